The standard InChI is InChI=1S/C17H24N4/c1-14-5-6-15(13-18)17(19-14)21-11-7-16(8-12-21)20-9-3-2-4-10-20/h5-6,16H,2-4,7-12H2,1H3. The van der Waals surface area contributed by atoms with E-state index in [4.69, 9.17) is 0 Å². The summed E-state index contributed by atoms with van der Waals surface area (Å²) in [5, 5.41) is 9.27. The molecule has 0 aromatic carbocycles. The van der Waals surface area contributed by atoms with Gasteiger partial charge in [0.05, 0.1) is 5.56 Å². The number of hydrogen-bond donors (Lipinski definition) is 0. The highest BCUT2D eigenvalue weighted by atomic mass is 15.2. The topological polar surface area (TPSA) is 43.2 Å². The predicted octanol–water partition coefficient (Wildman–Crippen LogP) is 2.72. The first-order chi connectivity index (χ1) is 10.3. The molecule has 0 aliphatic carbocycles. The van der Waals surface area contributed by atoms with Gasteiger partial charge in [-0.25, -0.2) is 4.98 Å². The van der Waals surface area contributed by atoms with Crippen LogP contribution in [0.3, 0.4) is 0 Å². The maximum atomic E-state index is 9.27. The first-order valence-corrected chi connectivity index (χ1v) is 8.14. The highest BCUT2D eigenvalue weighted by molar-refractivity contribution is 5.54. The fourth-order valence-electron chi connectivity index (χ4n) is 3.60. The Kier molecular flexibility index (Phi) is 4.40. The van der Waals surface area contributed by atoms with E-state index in [-0.39, 0.29) is 0 Å². The predicted molar refractivity (Wildman–Crippen MR) is 84.3 cm³/mol. The quantitative estimate of drug-likeness (QED) is 0.837. The molecule has 0 unspecified atom stereocenters. The van der Waals surface area contributed by atoms with E-state index < -0.39 is 0 Å². The van der Waals surface area contributed by atoms with Gasteiger partial charge >= 0.3 is 0 Å². The van der Waals surface area contributed by atoms with Crippen LogP contribution in [0, 0.1) is 18.3 Å². The van der Waals surface area contributed by atoms with E-state index in [1.165, 1.54) is 45.2 Å². The summed E-state index contributed by atoms with van der Waals surface area (Å²) in [5.74, 6) is 0.884. The lowest BCUT2D eigenvalue weighted by atomic mass is 9.99. The molecule has 0 N–H and O–H groups in total. The van der Waals surface area contributed by atoms with Gasteiger partial charge in [-0.1, -0.05) is 6.42 Å². The van der Waals surface area contributed by atoms with Crippen molar-refractivity contribution in [2.75, 3.05) is 31.1 Å². The number of hydrogen-bond acceptors (Lipinski definition) is 4. The van der Waals surface area contributed by atoms with Gasteiger partial charge < -0.3 is 9.80 Å². The number of pyridine rings is 1. The number of likely N-dealkylation sites (tertiary alicyclic amines) is 1. The first-order valence-electron chi connectivity index (χ1n) is 8.14. The molecule has 2 aliphatic heterocycles. The lowest BCUT2D eigenvalue weighted by molar-refractivity contribution is 0.141. The van der Waals surface area contributed by atoms with E-state index in [9.17, 15) is 5.26 Å². The smallest absolute Gasteiger partial charge is 0.146 e. The van der Waals surface area contributed by atoms with Crippen LogP contribution in [0.25, 0.3) is 0 Å². The number of aromatic nitrogens is 1. The molecule has 2 fully saturated rings. The Bertz CT molecular complexity index is 520. The molecule has 4 nitrogen and oxygen atoms in total. The summed E-state index contributed by atoms with van der Waals surface area (Å²) < 4.78 is 0. The minimum atomic E-state index is 0.706. The second-order valence-corrected chi connectivity index (χ2v) is 6.25. The van der Waals surface area contributed by atoms with Crippen LogP contribution in [0.4, 0.5) is 5.82 Å². The Morgan fingerprint density at radius 3 is 2.48 bits per heavy atom. The average molecular weight is 284 g/mol. The first kappa shape index (κ1) is 14.3. The third-order valence-corrected chi connectivity index (χ3v) is 4.81. The third-order valence-electron chi connectivity index (χ3n) is 4.81. The monoisotopic (exact) mass is 284 g/mol. The van der Waals surface area contributed by atoms with Crippen molar-refractivity contribution in [3.8, 4) is 6.07 Å². The van der Waals surface area contributed by atoms with Gasteiger partial charge in [-0.05, 0) is 57.8 Å². The molecule has 1 aromatic heterocycles. The lowest BCUT2D eigenvalue weighted by Crippen LogP contribution is -2.47. The fraction of sp³-hybridized carbons (Fsp3) is 0.647. The molecular formula is C17H24N4. The van der Waals surface area contributed by atoms with Gasteiger partial charge in [0.25, 0.3) is 0 Å². The number of piperidine rings is 2. The van der Waals surface area contributed by atoms with E-state index in [0.29, 0.717) is 5.56 Å². The van der Waals surface area contributed by atoms with E-state index in [1.54, 1.807) is 0 Å². The SMILES string of the molecule is Cc1ccc(C#N)c(N2CCC(N3CCCCC3)CC2)n1. The molecule has 0 bridgehead atoms. The zero-order chi connectivity index (χ0) is 14.7. The van der Waals surface area contributed by atoms with Crippen molar-refractivity contribution >= 4 is 5.82 Å². The molecule has 1 aromatic rings. The highest BCUT2D eigenvalue weighted by Crippen LogP contribution is 2.25. The Morgan fingerprint density at radius 1 is 1.10 bits per heavy atom. The Balaban J connectivity index is 1.65. The summed E-state index contributed by atoms with van der Waals surface area (Å²) in [6, 6.07) is 6.83. The van der Waals surface area contributed by atoms with E-state index in [0.717, 1.165) is 30.6 Å². The van der Waals surface area contributed by atoms with Crippen molar-refractivity contribution < 1.29 is 0 Å². The van der Waals surface area contributed by atoms with Gasteiger partial charge in [0.1, 0.15) is 11.9 Å². The summed E-state index contributed by atoms with van der Waals surface area (Å²) in [6.07, 6.45) is 6.51. The Morgan fingerprint density at radius 2 is 1.81 bits per heavy atom. The second-order valence-electron chi connectivity index (χ2n) is 6.25. The zero-order valence-corrected chi connectivity index (χ0v) is 12.9. The van der Waals surface area contributed by atoms with Crippen LogP contribution in [-0.2, 0) is 0 Å². The fourth-order valence-corrected chi connectivity index (χ4v) is 3.60. The van der Waals surface area contributed by atoms with Crippen molar-refractivity contribution in [3.63, 3.8) is 0 Å². The van der Waals surface area contributed by atoms with Crippen LogP contribution in [-0.4, -0.2) is 42.1 Å². The van der Waals surface area contributed by atoms with Crippen LogP contribution in [0.2, 0.25) is 0 Å². The van der Waals surface area contributed by atoms with Gasteiger partial charge in [0, 0.05) is 24.8 Å². The van der Waals surface area contributed by atoms with Gasteiger partial charge in [-0.2, -0.15) is 5.26 Å². The van der Waals surface area contributed by atoms with Gasteiger partial charge in [-0.15, -0.1) is 0 Å². The lowest BCUT2D eigenvalue weighted by Gasteiger charge is -2.40. The molecule has 112 valence electrons. The normalized spacial score (nSPS) is 21.2. The van der Waals surface area contributed by atoms with Crippen molar-refractivity contribution in [2.24, 2.45) is 0 Å². The van der Waals surface area contributed by atoms with E-state index in [2.05, 4.69) is 20.9 Å². The average Bonchev–Trinajstić information content (AvgIpc) is 2.56. The van der Waals surface area contributed by atoms with Gasteiger partial charge in [-0.3, -0.25) is 0 Å². The molecule has 3 heterocycles. The molecule has 2 saturated heterocycles. The molecular weight excluding hydrogens is 260 g/mol. The molecule has 2 aliphatic rings. The van der Waals surface area contributed by atoms with Gasteiger partial charge in [0.2, 0.25) is 0 Å². The molecule has 3 rings (SSSR count). The minimum absolute atomic E-state index is 0.706. The van der Waals surface area contributed by atoms with Crippen LogP contribution in [0.5, 0.6) is 0 Å². The number of nitriles is 1. The molecule has 0 spiro atoms. The Hall–Kier alpha value is -1.60. The number of rotatable bonds is 2. The number of anilines is 1. The summed E-state index contributed by atoms with van der Waals surface area (Å²) >= 11 is 0. The molecule has 0 saturated carbocycles. The molecule has 0 amide bonds. The maximum absolute atomic E-state index is 9.27. The van der Waals surface area contributed by atoms with Crippen LogP contribution < -0.4 is 4.90 Å². The van der Waals surface area contributed by atoms with E-state index >= 15 is 0 Å². The van der Waals surface area contributed by atoms with Crippen molar-refractivity contribution in [1.29, 1.82) is 5.26 Å². The summed E-state index contributed by atoms with van der Waals surface area (Å²) in [5.41, 5.74) is 1.69. The summed E-state index contributed by atoms with van der Waals surface area (Å²) in [7, 11) is 0. The zero-order valence-electron chi connectivity index (χ0n) is 12.9. The molecule has 4 heteroatoms. The van der Waals surface area contributed by atoms with E-state index in [1.807, 2.05) is 19.1 Å². The molecule has 0 radical (unpaired) electrons. The van der Waals surface area contributed by atoms with Gasteiger partial charge in [0.15, 0.2) is 0 Å². The van der Waals surface area contributed by atoms with Crippen molar-refractivity contribution in [3.05, 3.63) is 23.4 Å². The number of nitrogens with zero attached hydrogens (tertiary/aromatic N) is 4. The largest absolute Gasteiger partial charge is 0.355 e. The van der Waals surface area contributed by atoms with Crippen LogP contribution in [0.15, 0.2) is 12.1 Å². The maximum Gasteiger partial charge on any atom is 0.146 e. The van der Waals surface area contributed by atoms with Crippen LogP contribution >= 0.6 is 0 Å². The van der Waals surface area contributed by atoms with Crippen molar-refractivity contribution in [2.45, 2.75) is 45.1 Å². The minimum Gasteiger partial charge on any atom is -0.355 e. The van der Waals surface area contributed by atoms with Crippen molar-refractivity contribution in [1.82, 2.24) is 9.88 Å². The second kappa shape index (κ2) is 6.44. The van der Waals surface area contributed by atoms with Crippen LogP contribution in [0.1, 0.15) is 43.4 Å². The Labute approximate surface area is 127 Å². The summed E-state index contributed by atoms with van der Waals surface area (Å²) in [6.45, 7) is 6.58. The molecule has 21 heavy (non-hydrogen) atoms. The molecule has 0 atom stereocenters. The summed E-state index contributed by atoms with van der Waals surface area (Å²) in [4.78, 5) is 9.57. The third kappa shape index (κ3) is 3.19. The number of aryl methyl sites for hydroxylation is 1. The highest BCUT2D eigenvalue weighted by Gasteiger charge is 2.27.